The third kappa shape index (κ3) is 2.06. The Kier molecular flexibility index (Phi) is 3.59. The molecular weight excluding hydrogens is 182 g/mol. The fourth-order valence-electron chi connectivity index (χ4n) is 1.09. The molecule has 1 aliphatic heterocycles. The van der Waals surface area contributed by atoms with E-state index in [0.717, 1.165) is 5.70 Å². The van der Waals surface area contributed by atoms with E-state index in [0.29, 0.717) is 18.3 Å². The first-order valence-corrected chi connectivity index (χ1v) is 4.13. The summed E-state index contributed by atoms with van der Waals surface area (Å²) in [6, 6.07) is 0. The Morgan fingerprint density at radius 3 is 2.93 bits per heavy atom. The highest BCUT2D eigenvalue weighted by Gasteiger charge is 2.16. The SMILES string of the molecule is C/C=N\C1=C(C(=N\C)/NN=N)NCN1. The minimum atomic E-state index is 0.491. The summed E-state index contributed by atoms with van der Waals surface area (Å²) in [5.74, 6) is 1.19. The number of nitrogens with one attached hydrogen (secondary N) is 4. The predicted octanol–water partition coefficient (Wildman–Crippen LogP) is -0.0396. The first-order chi connectivity index (χ1) is 6.83. The Morgan fingerprint density at radius 2 is 2.36 bits per heavy atom. The van der Waals surface area contributed by atoms with Crippen molar-refractivity contribution < 1.29 is 0 Å². The highest BCUT2D eigenvalue weighted by Crippen LogP contribution is 2.05. The fourth-order valence-corrected chi connectivity index (χ4v) is 1.09. The van der Waals surface area contributed by atoms with Gasteiger partial charge in [0.2, 0.25) is 0 Å². The van der Waals surface area contributed by atoms with Gasteiger partial charge in [-0.3, -0.25) is 4.99 Å². The molecule has 0 fully saturated rings. The van der Waals surface area contributed by atoms with Crippen LogP contribution in [-0.2, 0) is 0 Å². The van der Waals surface area contributed by atoms with Crippen LogP contribution in [-0.4, -0.2) is 25.8 Å². The molecule has 0 bridgehead atoms. The van der Waals surface area contributed by atoms with E-state index >= 15 is 0 Å². The van der Waals surface area contributed by atoms with Crippen molar-refractivity contribution in [3.63, 3.8) is 0 Å². The van der Waals surface area contributed by atoms with Gasteiger partial charge < -0.3 is 10.6 Å². The van der Waals surface area contributed by atoms with E-state index in [-0.39, 0.29) is 0 Å². The first kappa shape index (κ1) is 10.2. The van der Waals surface area contributed by atoms with Crippen LogP contribution >= 0.6 is 0 Å². The van der Waals surface area contributed by atoms with Crippen LogP contribution in [0.25, 0.3) is 0 Å². The molecule has 0 saturated heterocycles. The molecule has 0 aliphatic carbocycles. The topological polar surface area (TPSA) is 97.0 Å². The van der Waals surface area contributed by atoms with Crippen molar-refractivity contribution >= 4 is 12.1 Å². The van der Waals surface area contributed by atoms with Gasteiger partial charge >= 0.3 is 0 Å². The number of rotatable bonds is 3. The molecular formula is C7H13N7. The average Bonchev–Trinajstić information content (AvgIpc) is 2.63. The molecule has 7 nitrogen and oxygen atoms in total. The first-order valence-electron chi connectivity index (χ1n) is 4.13. The summed E-state index contributed by atoms with van der Waals surface area (Å²) in [5.41, 5.74) is 9.89. The highest BCUT2D eigenvalue weighted by molar-refractivity contribution is 5.98. The van der Waals surface area contributed by atoms with E-state index < -0.39 is 0 Å². The van der Waals surface area contributed by atoms with Crippen molar-refractivity contribution in [1.29, 1.82) is 5.53 Å². The molecule has 1 heterocycles. The van der Waals surface area contributed by atoms with Gasteiger partial charge in [-0.25, -0.2) is 10.4 Å². The Labute approximate surface area is 81.9 Å². The summed E-state index contributed by atoms with van der Waals surface area (Å²) in [5, 5.41) is 9.13. The molecule has 4 N–H and O–H groups in total. The van der Waals surface area contributed by atoms with Crippen LogP contribution in [0.15, 0.2) is 26.7 Å². The van der Waals surface area contributed by atoms with Crippen LogP contribution in [0.1, 0.15) is 6.92 Å². The third-order valence-electron chi connectivity index (χ3n) is 1.64. The Morgan fingerprint density at radius 1 is 1.57 bits per heavy atom. The smallest absolute Gasteiger partial charge is 0.170 e. The number of hydrogen-bond donors (Lipinski definition) is 4. The Hall–Kier alpha value is -1.92. The van der Waals surface area contributed by atoms with Gasteiger partial charge in [0.05, 0.1) is 6.67 Å². The van der Waals surface area contributed by atoms with Crippen LogP contribution in [0.4, 0.5) is 0 Å². The monoisotopic (exact) mass is 195 g/mol. The van der Waals surface area contributed by atoms with Crippen molar-refractivity contribution in [3.05, 3.63) is 11.5 Å². The minimum Gasteiger partial charge on any atom is -0.362 e. The van der Waals surface area contributed by atoms with E-state index in [1.807, 2.05) is 6.92 Å². The molecule has 0 amide bonds. The average molecular weight is 195 g/mol. The maximum absolute atomic E-state index is 6.69. The summed E-state index contributed by atoms with van der Waals surface area (Å²) in [7, 11) is 1.62. The van der Waals surface area contributed by atoms with Crippen molar-refractivity contribution in [1.82, 2.24) is 16.1 Å². The van der Waals surface area contributed by atoms with E-state index in [4.69, 9.17) is 5.53 Å². The zero-order chi connectivity index (χ0) is 10.4. The number of aliphatic imine (C=N–C) groups is 2. The molecule has 14 heavy (non-hydrogen) atoms. The van der Waals surface area contributed by atoms with Crippen molar-refractivity contribution in [3.8, 4) is 0 Å². The van der Waals surface area contributed by atoms with Gasteiger partial charge in [-0.2, -0.15) is 5.53 Å². The van der Waals surface area contributed by atoms with Gasteiger partial charge in [-0.1, -0.05) is 5.22 Å². The lowest BCUT2D eigenvalue weighted by molar-refractivity contribution is 0.795. The van der Waals surface area contributed by atoms with Gasteiger partial charge in [0, 0.05) is 13.3 Å². The summed E-state index contributed by atoms with van der Waals surface area (Å²) < 4.78 is 0. The minimum absolute atomic E-state index is 0.491. The normalized spacial score (nSPS) is 16.9. The van der Waals surface area contributed by atoms with E-state index in [9.17, 15) is 0 Å². The maximum atomic E-state index is 6.69. The van der Waals surface area contributed by atoms with Crippen LogP contribution in [0.2, 0.25) is 0 Å². The van der Waals surface area contributed by atoms with Crippen molar-refractivity contribution in [2.24, 2.45) is 15.2 Å². The molecule has 0 unspecified atom stereocenters. The maximum Gasteiger partial charge on any atom is 0.170 e. The molecule has 0 aromatic heterocycles. The Balaban J connectivity index is 2.92. The van der Waals surface area contributed by atoms with Gasteiger partial charge in [-0.05, 0) is 6.92 Å². The molecule has 0 radical (unpaired) electrons. The summed E-state index contributed by atoms with van der Waals surface area (Å²) >= 11 is 0. The van der Waals surface area contributed by atoms with Crippen LogP contribution in [0, 0.1) is 5.53 Å². The summed E-state index contributed by atoms with van der Waals surface area (Å²) in [6.07, 6.45) is 1.68. The zero-order valence-corrected chi connectivity index (χ0v) is 8.13. The molecule has 7 heteroatoms. The lowest BCUT2D eigenvalue weighted by Crippen LogP contribution is -2.26. The van der Waals surface area contributed by atoms with Gasteiger partial charge in [-0.15, -0.1) is 0 Å². The van der Waals surface area contributed by atoms with E-state index in [1.54, 1.807) is 13.3 Å². The van der Waals surface area contributed by atoms with Crippen LogP contribution in [0.3, 0.4) is 0 Å². The molecule has 76 valence electrons. The molecule has 0 atom stereocenters. The lowest BCUT2D eigenvalue weighted by Gasteiger charge is -2.04. The fraction of sp³-hybridized carbons (Fsp3) is 0.429. The standard InChI is InChI=1S/C7H13N7/c1-3-10-7-5(11-4-12-7)6(9-2)13-14-8/h3,11-12H,4H2,1-2H3,(H2,8,9,13)/b10-3-. The quantitative estimate of drug-likeness (QED) is 0.220. The van der Waals surface area contributed by atoms with E-state index in [1.165, 1.54) is 0 Å². The molecule has 1 rings (SSSR count). The zero-order valence-electron chi connectivity index (χ0n) is 8.13. The van der Waals surface area contributed by atoms with Gasteiger partial charge in [0.25, 0.3) is 0 Å². The third-order valence-corrected chi connectivity index (χ3v) is 1.64. The van der Waals surface area contributed by atoms with Crippen molar-refractivity contribution in [2.45, 2.75) is 6.92 Å². The Bertz CT molecular complexity index is 301. The number of hydrogen-bond acceptors (Lipinski definition) is 6. The molecule has 0 aromatic carbocycles. The summed E-state index contributed by atoms with van der Waals surface area (Å²) in [6.45, 7) is 2.43. The molecule has 1 aliphatic rings. The predicted molar refractivity (Wildman–Crippen MR) is 54.0 cm³/mol. The largest absolute Gasteiger partial charge is 0.362 e. The molecule has 0 aromatic rings. The van der Waals surface area contributed by atoms with E-state index in [2.05, 4.69) is 31.3 Å². The van der Waals surface area contributed by atoms with Gasteiger partial charge in [0.1, 0.15) is 5.70 Å². The number of amidine groups is 1. The van der Waals surface area contributed by atoms with Crippen LogP contribution < -0.4 is 16.1 Å². The second-order valence-electron chi connectivity index (χ2n) is 2.44. The summed E-state index contributed by atoms with van der Waals surface area (Å²) in [4.78, 5) is 8.06. The number of nitrogens with zero attached hydrogens (tertiary/aromatic N) is 3. The highest BCUT2D eigenvalue weighted by atomic mass is 15.4. The lowest BCUT2D eigenvalue weighted by atomic mass is 10.4. The van der Waals surface area contributed by atoms with Crippen LogP contribution in [0.5, 0.6) is 0 Å². The van der Waals surface area contributed by atoms with Gasteiger partial charge in [0.15, 0.2) is 11.7 Å². The second kappa shape index (κ2) is 4.95. The van der Waals surface area contributed by atoms with Crippen molar-refractivity contribution in [2.75, 3.05) is 13.7 Å². The molecule has 0 spiro atoms. The molecule has 0 saturated carbocycles. The second-order valence-corrected chi connectivity index (χ2v) is 2.44.